The van der Waals surface area contributed by atoms with E-state index >= 15 is 0 Å². The topological polar surface area (TPSA) is 20.3 Å². The second kappa shape index (κ2) is 5.11. The second-order valence-corrected chi connectivity index (χ2v) is 4.90. The largest absolute Gasteiger partial charge is 0.332 e. The van der Waals surface area contributed by atoms with Gasteiger partial charge in [-0.3, -0.25) is 4.79 Å². The van der Waals surface area contributed by atoms with Gasteiger partial charge >= 0.3 is 0 Å². The molecule has 0 atom stereocenters. The first-order valence-electron chi connectivity index (χ1n) is 5.49. The Morgan fingerprint density at radius 1 is 1.47 bits per heavy atom. The van der Waals surface area contributed by atoms with Crippen molar-refractivity contribution < 1.29 is 4.79 Å². The lowest BCUT2D eigenvalue weighted by Crippen LogP contribution is -2.31. The molecule has 0 unspecified atom stereocenters. The van der Waals surface area contributed by atoms with E-state index < -0.39 is 0 Å². The predicted octanol–water partition coefficient (Wildman–Crippen LogP) is 3.67. The molecule has 0 heterocycles. The van der Waals surface area contributed by atoms with Crippen LogP contribution in [0.1, 0.15) is 18.4 Å². The smallest absolute Gasteiger partial charge is 0.246 e. The third-order valence-corrected chi connectivity index (χ3v) is 3.68. The van der Waals surface area contributed by atoms with Crippen molar-refractivity contribution in [3.63, 3.8) is 0 Å². The summed E-state index contributed by atoms with van der Waals surface area (Å²) in [6.07, 6.45) is 3.45. The van der Waals surface area contributed by atoms with Crippen molar-refractivity contribution in [1.82, 2.24) is 4.90 Å². The molecule has 90 valence electrons. The summed E-state index contributed by atoms with van der Waals surface area (Å²) in [5.41, 5.74) is 0.876. The van der Waals surface area contributed by atoms with Crippen LogP contribution in [0.2, 0.25) is 10.0 Å². The van der Waals surface area contributed by atoms with Gasteiger partial charge in [0.1, 0.15) is 0 Å². The summed E-state index contributed by atoms with van der Waals surface area (Å²) >= 11 is 12.1. The van der Waals surface area contributed by atoms with Gasteiger partial charge in [0.25, 0.3) is 0 Å². The van der Waals surface area contributed by atoms with Gasteiger partial charge in [-0.1, -0.05) is 41.9 Å². The SMILES string of the molecule is C=CC(=O)N(Cc1cccc(Cl)c1Cl)C1CC1. The van der Waals surface area contributed by atoms with Crippen LogP contribution in [0, 0.1) is 0 Å². The molecule has 4 heteroatoms. The molecule has 1 aliphatic carbocycles. The standard InChI is InChI=1S/C13H13Cl2NO/c1-2-12(17)16(10-6-7-10)8-9-4-3-5-11(14)13(9)15/h2-5,10H,1,6-8H2. The number of rotatable bonds is 4. The van der Waals surface area contributed by atoms with Crippen molar-refractivity contribution in [2.75, 3.05) is 0 Å². The zero-order valence-electron chi connectivity index (χ0n) is 9.33. The Morgan fingerprint density at radius 3 is 2.76 bits per heavy atom. The number of hydrogen-bond donors (Lipinski definition) is 0. The summed E-state index contributed by atoms with van der Waals surface area (Å²) in [5, 5.41) is 1.04. The van der Waals surface area contributed by atoms with Gasteiger partial charge in [-0.25, -0.2) is 0 Å². The highest BCUT2D eigenvalue weighted by molar-refractivity contribution is 6.42. The van der Waals surface area contributed by atoms with Crippen molar-refractivity contribution >= 4 is 29.1 Å². The number of nitrogens with zero attached hydrogens (tertiary/aromatic N) is 1. The Morgan fingerprint density at radius 2 is 2.18 bits per heavy atom. The predicted molar refractivity (Wildman–Crippen MR) is 70.2 cm³/mol. The highest BCUT2D eigenvalue weighted by Gasteiger charge is 2.31. The van der Waals surface area contributed by atoms with Crippen LogP contribution in [0.15, 0.2) is 30.9 Å². The molecular formula is C13H13Cl2NO. The molecule has 0 bridgehead atoms. The van der Waals surface area contributed by atoms with Crippen molar-refractivity contribution in [2.24, 2.45) is 0 Å². The van der Waals surface area contributed by atoms with Crippen LogP contribution < -0.4 is 0 Å². The molecule has 1 aliphatic rings. The van der Waals surface area contributed by atoms with Gasteiger partial charge in [-0.2, -0.15) is 0 Å². The molecule has 0 aromatic heterocycles. The highest BCUT2D eigenvalue weighted by atomic mass is 35.5. The zero-order chi connectivity index (χ0) is 12.4. The molecule has 1 aromatic carbocycles. The van der Waals surface area contributed by atoms with Crippen molar-refractivity contribution in [3.8, 4) is 0 Å². The summed E-state index contributed by atoms with van der Waals surface area (Å²) in [6, 6.07) is 5.80. The fourth-order valence-electron chi connectivity index (χ4n) is 1.74. The first-order chi connectivity index (χ1) is 8.13. The summed E-state index contributed by atoms with van der Waals surface area (Å²) in [5.74, 6) is -0.0523. The van der Waals surface area contributed by atoms with Crippen LogP contribution in [0.3, 0.4) is 0 Å². The number of benzene rings is 1. The van der Waals surface area contributed by atoms with E-state index in [1.807, 2.05) is 12.1 Å². The number of amides is 1. The summed E-state index contributed by atoms with van der Waals surface area (Å²) < 4.78 is 0. The van der Waals surface area contributed by atoms with Crippen molar-refractivity contribution in [3.05, 3.63) is 46.5 Å². The Bertz CT molecular complexity index is 455. The van der Waals surface area contributed by atoms with Gasteiger partial charge in [0.15, 0.2) is 0 Å². The van der Waals surface area contributed by atoms with E-state index in [2.05, 4.69) is 6.58 Å². The minimum atomic E-state index is -0.0523. The van der Waals surface area contributed by atoms with Crippen LogP contribution >= 0.6 is 23.2 Å². The Labute approximate surface area is 111 Å². The molecule has 0 radical (unpaired) electrons. The normalized spacial score (nSPS) is 14.5. The third kappa shape index (κ3) is 2.82. The molecule has 0 saturated heterocycles. The molecule has 17 heavy (non-hydrogen) atoms. The van der Waals surface area contributed by atoms with Gasteiger partial charge in [0.2, 0.25) is 5.91 Å². The highest BCUT2D eigenvalue weighted by Crippen LogP contribution is 2.32. The van der Waals surface area contributed by atoms with Gasteiger partial charge in [-0.15, -0.1) is 0 Å². The Hall–Kier alpha value is -0.990. The summed E-state index contributed by atoms with van der Waals surface area (Å²) in [4.78, 5) is 13.5. The molecule has 2 nitrogen and oxygen atoms in total. The number of halogens is 2. The molecule has 2 rings (SSSR count). The lowest BCUT2D eigenvalue weighted by atomic mass is 10.2. The van der Waals surface area contributed by atoms with Crippen LogP contribution in [0.5, 0.6) is 0 Å². The number of carbonyl (C=O) groups excluding carboxylic acids is 1. The van der Waals surface area contributed by atoms with Crippen LogP contribution in [-0.2, 0) is 11.3 Å². The quantitative estimate of drug-likeness (QED) is 0.764. The lowest BCUT2D eigenvalue weighted by Gasteiger charge is -2.21. The molecule has 1 fully saturated rings. The van der Waals surface area contributed by atoms with Gasteiger partial charge in [0.05, 0.1) is 10.0 Å². The Kier molecular flexibility index (Phi) is 3.75. The minimum absolute atomic E-state index is 0.0523. The third-order valence-electron chi connectivity index (χ3n) is 2.82. The van der Waals surface area contributed by atoms with Crippen LogP contribution in [0.25, 0.3) is 0 Å². The molecule has 1 amide bonds. The monoisotopic (exact) mass is 269 g/mol. The maximum Gasteiger partial charge on any atom is 0.246 e. The van der Waals surface area contributed by atoms with E-state index in [0.29, 0.717) is 22.6 Å². The van der Waals surface area contributed by atoms with Crippen LogP contribution in [0.4, 0.5) is 0 Å². The average Bonchev–Trinajstić information content (AvgIpc) is 3.14. The van der Waals surface area contributed by atoms with Gasteiger partial charge < -0.3 is 4.90 Å². The Balaban J connectivity index is 2.20. The fourth-order valence-corrected chi connectivity index (χ4v) is 2.12. The van der Waals surface area contributed by atoms with E-state index in [1.165, 1.54) is 6.08 Å². The van der Waals surface area contributed by atoms with E-state index in [4.69, 9.17) is 23.2 Å². The molecule has 0 N–H and O–H groups in total. The van der Waals surface area contributed by atoms with Gasteiger partial charge in [-0.05, 0) is 30.5 Å². The number of carbonyl (C=O) groups is 1. The second-order valence-electron chi connectivity index (χ2n) is 4.11. The zero-order valence-corrected chi connectivity index (χ0v) is 10.8. The van der Waals surface area contributed by atoms with E-state index in [0.717, 1.165) is 18.4 Å². The molecule has 0 spiro atoms. The minimum Gasteiger partial charge on any atom is -0.332 e. The van der Waals surface area contributed by atoms with E-state index in [-0.39, 0.29) is 5.91 Å². The molecule has 1 saturated carbocycles. The fraction of sp³-hybridized carbons (Fsp3) is 0.308. The van der Waals surface area contributed by atoms with Crippen molar-refractivity contribution in [1.29, 1.82) is 0 Å². The molecule has 0 aliphatic heterocycles. The molecule has 1 aromatic rings. The van der Waals surface area contributed by atoms with Crippen molar-refractivity contribution in [2.45, 2.75) is 25.4 Å². The number of hydrogen-bond acceptors (Lipinski definition) is 1. The summed E-state index contributed by atoms with van der Waals surface area (Å²) in [6.45, 7) is 4.02. The van der Waals surface area contributed by atoms with Gasteiger partial charge in [0, 0.05) is 12.6 Å². The lowest BCUT2D eigenvalue weighted by molar-refractivity contribution is -0.127. The molecular weight excluding hydrogens is 257 g/mol. The van der Waals surface area contributed by atoms with E-state index in [9.17, 15) is 4.79 Å². The summed E-state index contributed by atoms with van der Waals surface area (Å²) in [7, 11) is 0. The van der Waals surface area contributed by atoms with Crippen LogP contribution in [-0.4, -0.2) is 16.8 Å². The average molecular weight is 270 g/mol. The first kappa shape index (κ1) is 12.5. The van der Waals surface area contributed by atoms with E-state index in [1.54, 1.807) is 11.0 Å². The maximum absolute atomic E-state index is 11.7. The first-order valence-corrected chi connectivity index (χ1v) is 6.25. The maximum atomic E-state index is 11.7.